The molecule has 1 aliphatic heterocycles. The van der Waals surface area contributed by atoms with Gasteiger partial charge in [-0.15, -0.1) is 0 Å². The standard InChI is InChI=1S/C18H24FN3O2/c1-11-5-6-13(10-15(11)19)12(2)20-18(24)22-9-3-4-16(22)17(23)21-14-7-8-14/h5-6,10,12,14,16H,3-4,7-9H2,1-2H3,(H,20,24)(H,21,23)/t12-,16-/m0/s1. The number of amides is 3. The van der Waals surface area contributed by atoms with Gasteiger partial charge in [-0.05, 0) is 56.7 Å². The Kier molecular flexibility index (Phi) is 4.73. The molecule has 2 atom stereocenters. The number of hydrogen-bond acceptors (Lipinski definition) is 2. The van der Waals surface area contributed by atoms with Gasteiger partial charge in [-0.1, -0.05) is 12.1 Å². The van der Waals surface area contributed by atoms with E-state index in [1.165, 1.54) is 6.07 Å². The van der Waals surface area contributed by atoms with Crippen LogP contribution in [-0.4, -0.2) is 35.5 Å². The van der Waals surface area contributed by atoms with E-state index in [0.29, 0.717) is 24.1 Å². The van der Waals surface area contributed by atoms with Gasteiger partial charge in [-0.3, -0.25) is 4.79 Å². The number of benzene rings is 1. The van der Waals surface area contributed by atoms with E-state index in [-0.39, 0.29) is 29.8 Å². The lowest BCUT2D eigenvalue weighted by molar-refractivity contribution is -0.124. The molecule has 130 valence electrons. The molecule has 24 heavy (non-hydrogen) atoms. The van der Waals surface area contributed by atoms with Crippen LogP contribution in [0.25, 0.3) is 0 Å². The van der Waals surface area contributed by atoms with E-state index in [4.69, 9.17) is 0 Å². The summed E-state index contributed by atoms with van der Waals surface area (Å²) in [6.45, 7) is 4.09. The smallest absolute Gasteiger partial charge is 0.318 e. The molecule has 1 aromatic carbocycles. The number of carbonyl (C=O) groups excluding carboxylic acids is 2. The Labute approximate surface area is 141 Å². The SMILES string of the molecule is Cc1ccc([C@H](C)NC(=O)N2CCC[C@H]2C(=O)NC2CC2)cc1F. The minimum absolute atomic E-state index is 0.0563. The van der Waals surface area contributed by atoms with Crippen LogP contribution in [0.1, 0.15) is 49.8 Å². The average Bonchev–Trinajstić information content (AvgIpc) is 3.21. The molecule has 1 saturated heterocycles. The summed E-state index contributed by atoms with van der Waals surface area (Å²) >= 11 is 0. The summed E-state index contributed by atoms with van der Waals surface area (Å²) in [5, 5.41) is 5.85. The van der Waals surface area contributed by atoms with Crippen LogP contribution < -0.4 is 10.6 Å². The molecular formula is C18H24FN3O2. The van der Waals surface area contributed by atoms with Crippen LogP contribution in [0, 0.1) is 12.7 Å². The topological polar surface area (TPSA) is 61.4 Å². The third kappa shape index (κ3) is 3.68. The van der Waals surface area contributed by atoms with Gasteiger partial charge in [0.2, 0.25) is 5.91 Å². The fraction of sp³-hybridized carbons (Fsp3) is 0.556. The van der Waals surface area contributed by atoms with Gasteiger partial charge in [0.05, 0.1) is 6.04 Å². The van der Waals surface area contributed by atoms with Crippen molar-refractivity contribution in [2.75, 3.05) is 6.54 Å². The molecule has 3 amide bonds. The predicted molar refractivity (Wildman–Crippen MR) is 89.0 cm³/mol. The highest BCUT2D eigenvalue weighted by Crippen LogP contribution is 2.23. The Morgan fingerprint density at radius 1 is 1.29 bits per heavy atom. The molecule has 0 unspecified atom stereocenters. The molecule has 0 bridgehead atoms. The zero-order chi connectivity index (χ0) is 17.3. The largest absolute Gasteiger partial charge is 0.352 e. The fourth-order valence-electron chi connectivity index (χ4n) is 3.04. The molecule has 0 radical (unpaired) electrons. The Hall–Kier alpha value is -2.11. The highest BCUT2D eigenvalue weighted by molar-refractivity contribution is 5.88. The summed E-state index contributed by atoms with van der Waals surface area (Å²) < 4.78 is 13.7. The molecule has 3 rings (SSSR count). The number of carbonyl (C=O) groups is 2. The molecular weight excluding hydrogens is 309 g/mol. The Morgan fingerprint density at radius 3 is 2.71 bits per heavy atom. The van der Waals surface area contributed by atoms with E-state index in [2.05, 4.69) is 10.6 Å². The Bertz CT molecular complexity index is 645. The van der Waals surface area contributed by atoms with Crippen LogP contribution >= 0.6 is 0 Å². The van der Waals surface area contributed by atoms with Crippen LogP contribution in [0.4, 0.5) is 9.18 Å². The zero-order valence-electron chi connectivity index (χ0n) is 14.1. The van der Waals surface area contributed by atoms with Gasteiger partial charge in [0.25, 0.3) is 0 Å². The number of aryl methyl sites for hydroxylation is 1. The quantitative estimate of drug-likeness (QED) is 0.890. The molecule has 2 aliphatic rings. The van der Waals surface area contributed by atoms with Gasteiger partial charge in [0.15, 0.2) is 0 Å². The lowest BCUT2D eigenvalue weighted by atomic mass is 10.1. The molecule has 2 N–H and O–H groups in total. The molecule has 5 nitrogen and oxygen atoms in total. The van der Waals surface area contributed by atoms with Crippen molar-refractivity contribution in [3.05, 3.63) is 35.1 Å². The first-order valence-corrected chi connectivity index (χ1v) is 8.59. The Morgan fingerprint density at radius 2 is 2.04 bits per heavy atom. The Balaban J connectivity index is 1.62. The zero-order valence-corrected chi connectivity index (χ0v) is 14.1. The number of nitrogens with one attached hydrogen (secondary N) is 2. The third-order valence-electron chi connectivity index (χ3n) is 4.78. The summed E-state index contributed by atoms with van der Waals surface area (Å²) in [5.41, 5.74) is 1.29. The van der Waals surface area contributed by atoms with Gasteiger partial charge < -0.3 is 15.5 Å². The second-order valence-electron chi connectivity index (χ2n) is 6.81. The molecule has 1 heterocycles. The summed E-state index contributed by atoms with van der Waals surface area (Å²) in [6.07, 6.45) is 3.57. The van der Waals surface area contributed by atoms with Gasteiger partial charge in [0, 0.05) is 12.6 Å². The number of halogens is 1. The van der Waals surface area contributed by atoms with Crippen molar-refractivity contribution < 1.29 is 14.0 Å². The number of urea groups is 1. The second kappa shape index (κ2) is 6.79. The maximum atomic E-state index is 13.7. The molecule has 2 fully saturated rings. The van der Waals surface area contributed by atoms with Crippen molar-refractivity contribution in [1.82, 2.24) is 15.5 Å². The van der Waals surface area contributed by atoms with E-state index < -0.39 is 6.04 Å². The molecule has 0 aromatic heterocycles. The first-order chi connectivity index (χ1) is 11.5. The van der Waals surface area contributed by atoms with Crippen molar-refractivity contribution in [3.8, 4) is 0 Å². The van der Waals surface area contributed by atoms with Gasteiger partial charge in [-0.25, -0.2) is 9.18 Å². The lowest BCUT2D eigenvalue weighted by Crippen LogP contribution is -2.50. The molecule has 1 aliphatic carbocycles. The van der Waals surface area contributed by atoms with Crippen molar-refractivity contribution in [3.63, 3.8) is 0 Å². The maximum Gasteiger partial charge on any atom is 0.318 e. The van der Waals surface area contributed by atoms with Crippen LogP contribution in [0.3, 0.4) is 0 Å². The van der Waals surface area contributed by atoms with Gasteiger partial charge in [0.1, 0.15) is 11.9 Å². The van der Waals surface area contributed by atoms with E-state index in [0.717, 1.165) is 19.3 Å². The summed E-state index contributed by atoms with van der Waals surface area (Å²) in [4.78, 5) is 26.4. The number of likely N-dealkylation sites (tertiary alicyclic amines) is 1. The van der Waals surface area contributed by atoms with E-state index in [1.54, 1.807) is 17.9 Å². The van der Waals surface area contributed by atoms with E-state index in [9.17, 15) is 14.0 Å². The summed E-state index contributed by atoms with van der Waals surface area (Å²) in [7, 11) is 0. The van der Waals surface area contributed by atoms with Crippen LogP contribution in [-0.2, 0) is 4.79 Å². The number of nitrogens with zero attached hydrogens (tertiary/aromatic N) is 1. The fourth-order valence-corrected chi connectivity index (χ4v) is 3.04. The predicted octanol–water partition coefficient (Wildman–Crippen LogP) is 2.65. The summed E-state index contributed by atoms with van der Waals surface area (Å²) in [6, 6.07) is 4.27. The minimum Gasteiger partial charge on any atom is -0.352 e. The lowest BCUT2D eigenvalue weighted by Gasteiger charge is -2.26. The first kappa shape index (κ1) is 16.7. The molecule has 0 spiro atoms. The third-order valence-corrected chi connectivity index (χ3v) is 4.78. The molecule has 1 aromatic rings. The van der Waals surface area contributed by atoms with Crippen LogP contribution in [0.5, 0.6) is 0 Å². The van der Waals surface area contributed by atoms with Crippen LogP contribution in [0.2, 0.25) is 0 Å². The van der Waals surface area contributed by atoms with Crippen molar-refractivity contribution >= 4 is 11.9 Å². The average molecular weight is 333 g/mol. The normalized spacial score (nSPS) is 21.5. The molecule has 1 saturated carbocycles. The maximum absolute atomic E-state index is 13.7. The van der Waals surface area contributed by atoms with Gasteiger partial charge >= 0.3 is 6.03 Å². The van der Waals surface area contributed by atoms with Crippen molar-refractivity contribution in [2.24, 2.45) is 0 Å². The van der Waals surface area contributed by atoms with Crippen molar-refractivity contribution in [1.29, 1.82) is 0 Å². The summed E-state index contributed by atoms with van der Waals surface area (Å²) in [5.74, 6) is -0.337. The monoisotopic (exact) mass is 333 g/mol. The van der Waals surface area contributed by atoms with E-state index >= 15 is 0 Å². The highest BCUT2D eigenvalue weighted by Gasteiger charge is 2.36. The minimum atomic E-state index is -0.396. The highest BCUT2D eigenvalue weighted by atomic mass is 19.1. The molecule has 6 heteroatoms. The second-order valence-corrected chi connectivity index (χ2v) is 6.81. The number of rotatable bonds is 4. The number of hydrogen-bond donors (Lipinski definition) is 2. The first-order valence-electron chi connectivity index (χ1n) is 8.59. The van der Waals surface area contributed by atoms with Crippen LogP contribution in [0.15, 0.2) is 18.2 Å². The van der Waals surface area contributed by atoms with E-state index in [1.807, 2.05) is 13.0 Å². The van der Waals surface area contributed by atoms with Crippen molar-refractivity contribution in [2.45, 2.75) is 57.7 Å². The van der Waals surface area contributed by atoms with Gasteiger partial charge in [-0.2, -0.15) is 0 Å².